The third-order valence-electron chi connectivity index (χ3n) is 4.59. The molecular weight excluding hydrogens is 356 g/mol. The van der Waals surface area contributed by atoms with E-state index in [0.717, 1.165) is 25.9 Å². The van der Waals surface area contributed by atoms with Crippen molar-refractivity contribution >= 4 is 29.1 Å². The van der Waals surface area contributed by atoms with Gasteiger partial charge < -0.3 is 20.9 Å². The lowest BCUT2D eigenvalue weighted by Crippen LogP contribution is -2.27. The van der Waals surface area contributed by atoms with Crippen molar-refractivity contribution in [3.05, 3.63) is 59.7 Å². The van der Waals surface area contributed by atoms with Gasteiger partial charge in [-0.3, -0.25) is 14.4 Å². The number of nitrogens with one attached hydrogen (secondary N) is 3. The Hall–Kier alpha value is -3.35. The number of likely N-dealkylation sites (tertiary alicyclic amines) is 1. The van der Waals surface area contributed by atoms with Gasteiger partial charge in [0.15, 0.2) is 0 Å². The van der Waals surface area contributed by atoms with Gasteiger partial charge >= 0.3 is 0 Å². The maximum absolute atomic E-state index is 12.5. The first-order chi connectivity index (χ1) is 13.6. The van der Waals surface area contributed by atoms with Crippen LogP contribution in [0.2, 0.25) is 0 Å². The molecule has 1 aliphatic heterocycles. The Labute approximate surface area is 164 Å². The first kappa shape index (κ1) is 19.4. The maximum Gasteiger partial charge on any atom is 0.253 e. The molecule has 146 valence electrons. The van der Waals surface area contributed by atoms with Crippen molar-refractivity contribution in [2.45, 2.75) is 12.8 Å². The lowest BCUT2D eigenvalue weighted by Gasteiger charge is -2.16. The molecule has 1 saturated heterocycles. The van der Waals surface area contributed by atoms with Gasteiger partial charge in [-0.15, -0.1) is 0 Å². The molecule has 3 rings (SSSR count). The topological polar surface area (TPSA) is 90.5 Å². The first-order valence-corrected chi connectivity index (χ1v) is 9.32. The average molecular weight is 380 g/mol. The van der Waals surface area contributed by atoms with Gasteiger partial charge in [-0.1, -0.05) is 12.1 Å². The zero-order valence-electron chi connectivity index (χ0n) is 15.8. The van der Waals surface area contributed by atoms with E-state index in [1.54, 1.807) is 55.6 Å². The molecule has 0 radical (unpaired) electrons. The highest BCUT2D eigenvalue weighted by Gasteiger charge is 2.19. The van der Waals surface area contributed by atoms with Crippen LogP contribution in [0.4, 0.5) is 11.4 Å². The van der Waals surface area contributed by atoms with Crippen LogP contribution in [0.1, 0.15) is 33.6 Å². The minimum Gasteiger partial charge on any atom is -0.376 e. The lowest BCUT2D eigenvalue weighted by molar-refractivity contribution is -0.114. The summed E-state index contributed by atoms with van der Waals surface area (Å²) >= 11 is 0. The summed E-state index contributed by atoms with van der Waals surface area (Å²) in [5.41, 5.74) is 2.34. The molecule has 3 amide bonds. The third-order valence-corrected chi connectivity index (χ3v) is 4.59. The fraction of sp³-hybridized carbons (Fsp3) is 0.286. The van der Waals surface area contributed by atoms with Crippen LogP contribution in [0.25, 0.3) is 0 Å². The highest BCUT2D eigenvalue weighted by atomic mass is 16.2. The number of hydrogen-bond acceptors (Lipinski definition) is 4. The summed E-state index contributed by atoms with van der Waals surface area (Å²) in [4.78, 5) is 38.2. The zero-order chi connectivity index (χ0) is 19.9. The predicted molar refractivity (Wildman–Crippen MR) is 109 cm³/mol. The van der Waals surface area contributed by atoms with E-state index < -0.39 is 0 Å². The minimum absolute atomic E-state index is 0.00209. The number of amides is 3. The van der Waals surface area contributed by atoms with Crippen LogP contribution >= 0.6 is 0 Å². The average Bonchev–Trinajstić information content (AvgIpc) is 3.26. The van der Waals surface area contributed by atoms with Crippen molar-refractivity contribution in [2.75, 3.05) is 37.3 Å². The monoisotopic (exact) mass is 380 g/mol. The first-order valence-electron chi connectivity index (χ1n) is 9.32. The smallest absolute Gasteiger partial charge is 0.253 e. The van der Waals surface area contributed by atoms with Gasteiger partial charge in [0.2, 0.25) is 5.91 Å². The molecule has 0 saturated carbocycles. The number of hydrogen-bond donors (Lipinski definition) is 3. The van der Waals surface area contributed by atoms with Gasteiger partial charge in [0.05, 0.1) is 6.54 Å². The van der Waals surface area contributed by atoms with Crippen LogP contribution in [0.15, 0.2) is 48.5 Å². The van der Waals surface area contributed by atoms with Crippen LogP contribution in [-0.4, -0.2) is 49.3 Å². The number of anilines is 2. The quantitative estimate of drug-likeness (QED) is 0.717. The van der Waals surface area contributed by atoms with Crippen LogP contribution < -0.4 is 16.0 Å². The second-order valence-electron chi connectivity index (χ2n) is 6.64. The SMILES string of the molecule is CNC(=O)c1cccc(NCC(=O)Nc2cccc(C(=O)N3CCCC3)c2)c1. The van der Waals surface area contributed by atoms with Gasteiger partial charge in [0, 0.05) is 42.6 Å². The molecule has 3 N–H and O–H groups in total. The van der Waals surface area contributed by atoms with E-state index in [0.29, 0.717) is 22.5 Å². The summed E-state index contributed by atoms with van der Waals surface area (Å²) in [6.07, 6.45) is 2.07. The number of carbonyl (C=O) groups excluding carboxylic acids is 3. The van der Waals surface area contributed by atoms with Crippen molar-refractivity contribution in [1.82, 2.24) is 10.2 Å². The van der Waals surface area contributed by atoms with Gasteiger partial charge in [-0.05, 0) is 49.2 Å². The summed E-state index contributed by atoms with van der Waals surface area (Å²) in [5, 5.41) is 8.36. The highest BCUT2D eigenvalue weighted by molar-refractivity contribution is 5.98. The molecule has 1 aliphatic rings. The molecule has 0 aliphatic carbocycles. The Kier molecular flexibility index (Phi) is 6.26. The molecule has 0 spiro atoms. The molecule has 0 atom stereocenters. The summed E-state index contributed by atoms with van der Waals surface area (Å²) in [5.74, 6) is -0.429. The molecule has 7 heteroatoms. The Morgan fingerprint density at radius 2 is 1.57 bits per heavy atom. The summed E-state index contributed by atoms with van der Waals surface area (Å²) in [6, 6.07) is 13.9. The minimum atomic E-state index is -0.240. The van der Waals surface area contributed by atoms with E-state index >= 15 is 0 Å². The fourth-order valence-corrected chi connectivity index (χ4v) is 3.14. The van der Waals surface area contributed by atoms with Crippen LogP contribution in [0.5, 0.6) is 0 Å². The second kappa shape index (κ2) is 9.03. The van der Waals surface area contributed by atoms with E-state index in [2.05, 4.69) is 16.0 Å². The van der Waals surface area contributed by atoms with Crippen LogP contribution in [0, 0.1) is 0 Å². The lowest BCUT2D eigenvalue weighted by atomic mass is 10.1. The van der Waals surface area contributed by atoms with Gasteiger partial charge in [0.1, 0.15) is 0 Å². The molecule has 1 fully saturated rings. The molecule has 2 aromatic carbocycles. The summed E-state index contributed by atoms with van der Waals surface area (Å²) in [6.45, 7) is 1.62. The molecule has 1 heterocycles. The number of nitrogens with zero attached hydrogens (tertiary/aromatic N) is 1. The second-order valence-corrected chi connectivity index (χ2v) is 6.64. The normalized spacial score (nSPS) is 13.1. The molecule has 2 aromatic rings. The maximum atomic E-state index is 12.5. The van der Waals surface area contributed by atoms with Crippen molar-refractivity contribution in [2.24, 2.45) is 0 Å². The highest BCUT2D eigenvalue weighted by Crippen LogP contribution is 2.16. The van der Waals surface area contributed by atoms with E-state index in [9.17, 15) is 14.4 Å². The Balaban J connectivity index is 1.57. The predicted octanol–water partition coefficient (Wildman–Crippen LogP) is 2.33. The van der Waals surface area contributed by atoms with Crippen molar-refractivity contribution in [3.63, 3.8) is 0 Å². The third kappa shape index (κ3) is 4.88. The number of carbonyl (C=O) groups is 3. The van der Waals surface area contributed by atoms with Gasteiger partial charge in [-0.25, -0.2) is 0 Å². The summed E-state index contributed by atoms with van der Waals surface area (Å²) < 4.78 is 0. The number of benzene rings is 2. The molecular formula is C21H24N4O3. The Morgan fingerprint density at radius 3 is 2.29 bits per heavy atom. The van der Waals surface area contributed by atoms with Crippen molar-refractivity contribution in [1.29, 1.82) is 0 Å². The molecule has 0 aromatic heterocycles. The molecule has 0 bridgehead atoms. The van der Waals surface area contributed by atoms with Crippen molar-refractivity contribution in [3.8, 4) is 0 Å². The summed E-state index contributed by atoms with van der Waals surface area (Å²) in [7, 11) is 1.57. The largest absolute Gasteiger partial charge is 0.376 e. The molecule has 0 unspecified atom stereocenters. The number of rotatable bonds is 6. The van der Waals surface area contributed by atoms with Gasteiger partial charge in [0.25, 0.3) is 11.8 Å². The Morgan fingerprint density at radius 1 is 0.929 bits per heavy atom. The van der Waals surface area contributed by atoms with E-state index in [4.69, 9.17) is 0 Å². The van der Waals surface area contributed by atoms with Crippen molar-refractivity contribution < 1.29 is 14.4 Å². The van der Waals surface area contributed by atoms with E-state index in [1.165, 1.54) is 0 Å². The van der Waals surface area contributed by atoms with Gasteiger partial charge in [-0.2, -0.15) is 0 Å². The van der Waals surface area contributed by atoms with E-state index in [1.807, 2.05) is 4.90 Å². The van der Waals surface area contributed by atoms with E-state index in [-0.39, 0.29) is 24.3 Å². The van der Waals surface area contributed by atoms with Crippen LogP contribution in [-0.2, 0) is 4.79 Å². The zero-order valence-corrected chi connectivity index (χ0v) is 15.8. The standard InChI is InChI=1S/C21H24N4O3/c1-22-20(27)15-6-4-8-17(12-15)23-14-19(26)24-18-9-5-7-16(13-18)21(28)25-10-2-3-11-25/h4-9,12-13,23H,2-3,10-11,14H2,1H3,(H,22,27)(H,24,26). The Bertz CT molecular complexity index is 875. The van der Waals surface area contributed by atoms with Crippen LogP contribution in [0.3, 0.4) is 0 Å². The fourth-order valence-electron chi connectivity index (χ4n) is 3.14. The molecule has 7 nitrogen and oxygen atoms in total. The molecule has 28 heavy (non-hydrogen) atoms.